The van der Waals surface area contributed by atoms with Crippen molar-refractivity contribution in [3.63, 3.8) is 0 Å². The van der Waals surface area contributed by atoms with Crippen LogP contribution in [0, 0.1) is 6.92 Å². The number of carbonyl (C=O) groups is 1. The van der Waals surface area contributed by atoms with Crippen LogP contribution in [0.2, 0.25) is 0 Å². The third-order valence-electron chi connectivity index (χ3n) is 4.81. The standard InChI is InChI=1S/C23H22N2O2S/c1-3-27-15-14-25-20-13-12-17-9-5-7-11-19(17)21(20)28-23(25)24-22(26)18-10-6-4-8-16(18)2/h4-13H,3,14-15H2,1-2H3. The Hall–Kier alpha value is -2.76. The topological polar surface area (TPSA) is 43.6 Å². The Morgan fingerprint density at radius 2 is 1.86 bits per heavy atom. The summed E-state index contributed by atoms with van der Waals surface area (Å²) >= 11 is 1.56. The Balaban J connectivity index is 1.90. The number of fused-ring (bicyclic) bond motifs is 3. The molecule has 4 nitrogen and oxygen atoms in total. The second kappa shape index (κ2) is 8.09. The van der Waals surface area contributed by atoms with E-state index in [1.807, 2.05) is 50.2 Å². The van der Waals surface area contributed by atoms with Crippen molar-refractivity contribution in [3.05, 3.63) is 76.6 Å². The van der Waals surface area contributed by atoms with Gasteiger partial charge in [-0.3, -0.25) is 4.79 Å². The molecule has 0 spiro atoms. The number of hydrogen-bond acceptors (Lipinski definition) is 3. The Morgan fingerprint density at radius 1 is 1.07 bits per heavy atom. The molecule has 0 unspecified atom stereocenters. The smallest absolute Gasteiger partial charge is 0.279 e. The number of benzene rings is 3. The van der Waals surface area contributed by atoms with Crippen LogP contribution in [0.5, 0.6) is 0 Å². The second-order valence-corrected chi connectivity index (χ2v) is 7.58. The summed E-state index contributed by atoms with van der Waals surface area (Å²) in [6.45, 7) is 5.83. The number of aromatic nitrogens is 1. The van der Waals surface area contributed by atoms with Crippen molar-refractivity contribution in [1.29, 1.82) is 0 Å². The van der Waals surface area contributed by atoms with Gasteiger partial charge in [-0.05, 0) is 36.9 Å². The van der Waals surface area contributed by atoms with Crippen LogP contribution in [0.3, 0.4) is 0 Å². The molecule has 3 aromatic carbocycles. The van der Waals surface area contributed by atoms with Crippen molar-refractivity contribution in [2.24, 2.45) is 4.99 Å². The molecule has 0 saturated carbocycles. The van der Waals surface area contributed by atoms with Gasteiger partial charge in [0.05, 0.1) is 16.8 Å². The zero-order chi connectivity index (χ0) is 19.5. The largest absolute Gasteiger partial charge is 0.380 e. The van der Waals surface area contributed by atoms with E-state index in [1.54, 1.807) is 11.3 Å². The van der Waals surface area contributed by atoms with Gasteiger partial charge in [0.2, 0.25) is 0 Å². The van der Waals surface area contributed by atoms with E-state index in [0.29, 0.717) is 30.1 Å². The van der Waals surface area contributed by atoms with Crippen LogP contribution < -0.4 is 4.80 Å². The van der Waals surface area contributed by atoms with Crippen LogP contribution in [0.4, 0.5) is 0 Å². The number of carbonyl (C=O) groups excluding carboxylic acids is 1. The first kappa shape index (κ1) is 18.6. The minimum atomic E-state index is -0.209. The minimum absolute atomic E-state index is 0.209. The summed E-state index contributed by atoms with van der Waals surface area (Å²) in [6, 6.07) is 20.1. The summed E-state index contributed by atoms with van der Waals surface area (Å²) < 4.78 is 8.80. The molecule has 0 aliphatic rings. The highest BCUT2D eigenvalue weighted by atomic mass is 32.1. The summed E-state index contributed by atoms with van der Waals surface area (Å²) in [5, 5.41) is 2.37. The average molecular weight is 391 g/mol. The molecule has 0 bridgehead atoms. The molecule has 1 amide bonds. The summed E-state index contributed by atoms with van der Waals surface area (Å²) in [4.78, 5) is 18.1. The quantitative estimate of drug-likeness (QED) is 0.453. The average Bonchev–Trinajstić information content (AvgIpc) is 3.06. The Bertz CT molecular complexity index is 1220. The monoisotopic (exact) mass is 390 g/mol. The third kappa shape index (κ3) is 3.51. The van der Waals surface area contributed by atoms with Crippen LogP contribution in [-0.2, 0) is 11.3 Å². The van der Waals surface area contributed by atoms with Gasteiger partial charge in [0.15, 0.2) is 4.80 Å². The summed E-state index contributed by atoms with van der Waals surface area (Å²) in [6.07, 6.45) is 0. The van der Waals surface area contributed by atoms with Gasteiger partial charge in [0.25, 0.3) is 5.91 Å². The van der Waals surface area contributed by atoms with Crippen LogP contribution >= 0.6 is 11.3 Å². The van der Waals surface area contributed by atoms with E-state index in [2.05, 4.69) is 33.8 Å². The lowest BCUT2D eigenvalue weighted by Crippen LogP contribution is -2.20. The van der Waals surface area contributed by atoms with Crippen LogP contribution in [0.1, 0.15) is 22.8 Å². The van der Waals surface area contributed by atoms with E-state index in [0.717, 1.165) is 15.8 Å². The molecule has 1 heterocycles. The van der Waals surface area contributed by atoms with Gasteiger partial charge in [-0.15, -0.1) is 0 Å². The highest BCUT2D eigenvalue weighted by Crippen LogP contribution is 2.27. The zero-order valence-corrected chi connectivity index (χ0v) is 16.8. The van der Waals surface area contributed by atoms with Gasteiger partial charge in [0.1, 0.15) is 0 Å². The lowest BCUT2D eigenvalue weighted by Gasteiger charge is -2.06. The SMILES string of the molecule is CCOCCn1c(=NC(=O)c2ccccc2C)sc2c3ccccc3ccc21. The zero-order valence-electron chi connectivity index (χ0n) is 16.0. The highest BCUT2D eigenvalue weighted by Gasteiger charge is 2.12. The predicted molar refractivity (Wildman–Crippen MR) is 115 cm³/mol. The van der Waals surface area contributed by atoms with Gasteiger partial charge in [-0.25, -0.2) is 0 Å². The number of aryl methyl sites for hydroxylation is 1. The van der Waals surface area contributed by atoms with Gasteiger partial charge in [-0.1, -0.05) is 59.9 Å². The maximum atomic E-state index is 12.9. The predicted octanol–water partition coefficient (Wildman–Crippen LogP) is 4.94. The molecule has 0 fully saturated rings. The first-order chi connectivity index (χ1) is 13.7. The first-order valence-electron chi connectivity index (χ1n) is 9.42. The third-order valence-corrected chi connectivity index (χ3v) is 5.94. The number of ether oxygens (including phenoxy) is 1. The lowest BCUT2D eigenvalue weighted by molar-refractivity contribution is 0.0996. The molecular weight excluding hydrogens is 368 g/mol. The summed E-state index contributed by atoms with van der Waals surface area (Å²) in [7, 11) is 0. The maximum Gasteiger partial charge on any atom is 0.279 e. The Kier molecular flexibility index (Phi) is 5.37. The normalized spacial score (nSPS) is 12.1. The Labute approximate surface area is 167 Å². The van der Waals surface area contributed by atoms with E-state index < -0.39 is 0 Å². The van der Waals surface area contributed by atoms with Gasteiger partial charge < -0.3 is 9.30 Å². The maximum absolute atomic E-state index is 12.9. The van der Waals surface area contributed by atoms with E-state index in [9.17, 15) is 4.79 Å². The second-order valence-electron chi connectivity index (χ2n) is 6.60. The van der Waals surface area contributed by atoms with Crippen LogP contribution in [0.25, 0.3) is 21.0 Å². The van der Waals surface area contributed by atoms with Crippen LogP contribution in [-0.4, -0.2) is 23.7 Å². The molecule has 0 aliphatic heterocycles. The number of amides is 1. The lowest BCUT2D eigenvalue weighted by atomic mass is 10.1. The summed E-state index contributed by atoms with van der Waals surface area (Å²) in [5.74, 6) is -0.209. The van der Waals surface area contributed by atoms with E-state index in [-0.39, 0.29) is 5.91 Å². The van der Waals surface area contributed by atoms with Crippen molar-refractivity contribution in [2.45, 2.75) is 20.4 Å². The summed E-state index contributed by atoms with van der Waals surface area (Å²) in [5.41, 5.74) is 2.66. The fraction of sp³-hybridized carbons (Fsp3) is 0.217. The molecule has 4 aromatic rings. The highest BCUT2D eigenvalue weighted by molar-refractivity contribution is 7.17. The van der Waals surface area contributed by atoms with Gasteiger partial charge in [-0.2, -0.15) is 4.99 Å². The molecule has 0 radical (unpaired) electrons. The van der Waals surface area contributed by atoms with E-state index >= 15 is 0 Å². The van der Waals surface area contributed by atoms with Gasteiger partial charge >= 0.3 is 0 Å². The first-order valence-corrected chi connectivity index (χ1v) is 10.2. The molecule has 0 N–H and O–H groups in total. The van der Waals surface area contributed by atoms with Crippen molar-refractivity contribution in [2.75, 3.05) is 13.2 Å². The molecule has 0 saturated heterocycles. The molecule has 1 aromatic heterocycles. The molecule has 0 aliphatic carbocycles. The fourth-order valence-corrected chi connectivity index (χ4v) is 4.55. The molecule has 4 rings (SSSR count). The minimum Gasteiger partial charge on any atom is -0.380 e. The molecule has 0 atom stereocenters. The van der Waals surface area contributed by atoms with Crippen LogP contribution in [0.15, 0.2) is 65.7 Å². The number of rotatable bonds is 5. The van der Waals surface area contributed by atoms with Crippen molar-refractivity contribution in [3.8, 4) is 0 Å². The van der Waals surface area contributed by atoms with Crippen molar-refractivity contribution >= 4 is 38.2 Å². The Morgan fingerprint density at radius 3 is 2.68 bits per heavy atom. The van der Waals surface area contributed by atoms with Crippen molar-refractivity contribution in [1.82, 2.24) is 4.57 Å². The van der Waals surface area contributed by atoms with E-state index in [4.69, 9.17) is 4.74 Å². The molecule has 5 heteroatoms. The molecule has 142 valence electrons. The molecular formula is C23H22N2O2S. The fourth-order valence-electron chi connectivity index (χ4n) is 3.36. The number of nitrogens with zero attached hydrogens (tertiary/aromatic N) is 2. The number of hydrogen-bond donors (Lipinski definition) is 0. The van der Waals surface area contributed by atoms with E-state index in [1.165, 1.54) is 10.8 Å². The number of thiazole rings is 1. The van der Waals surface area contributed by atoms with Gasteiger partial charge in [0, 0.05) is 24.1 Å². The van der Waals surface area contributed by atoms with Crippen molar-refractivity contribution < 1.29 is 9.53 Å². The molecule has 28 heavy (non-hydrogen) atoms.